The van der Waals surface area contributed by atoms with Crippen molar-refractivity contribution in [2.45, 2.75) is 17.6 Å². The van der Waals surface area contributed by atoms with E-state index in [1.807, 2.05) is 0 Å². The monoisotopic (exact) mass is 519 g/mol. The molecule has 2 unspecified atom stereocenters. The van der Waals surface area contributed by atoms with Crippen molar-refractivity contribution in [2.75, 3.05) is 18.9 Å². The van der Waals surface area contributed by atoms with Crippen molar-refractivity contribution in [3.05, 3.63) is 64.0 Å². The average Bonchev–Trinajstić information content (AvgIpc) is 3.19. The number of rotatable bonds is 8. The molecule has 2 aromatic carbocycles. The van der Waals surface area contributed by atoms with Crippen molar-refractivity contribution in [3.8, 4) is 11.3 Å². The second-order valence-electron chi connectivity index (χ2n) is 6.27. The van der Waals surface area contributed by atoms with Gasteiger partial charge in [-0.25, -0.2) is 21.6 Å². The molecular formula is C19H17BrF3N3O4S. The van der Waals surface area contributed by atoms with E-state index in [0.717, 1.165) is 26.4 Å². The third-order valence-electron chi connectivity index (χ3n) is 4.35. The number of hydrogen-bond donors (Lipinski definition) is 2. The van der Waals surface area contributed by atoms with Gasteiger partial charge in [0.1, 0.15) is 0 Å². The maximum atomic E-state index is 15.1. The van der Waals surface area contributed by atoms with E-state index in [1.165, 1.54) is 30.5 Å². The minimum atomic E-state index is -4.55. The van der Waals surface area contributed by atoms with E-state index >= 15 is 4.39 Å². The number of aromatic nitrogens is 2. The number of nitrogens with zero attached hydrogens (tertiary/aromatic N) is 1. The number of halogens is 4. The van der Waals surface area contributed by atoms with Crippen molar-refractivity contribution < 1.29 is 31.1 Å². The van der Waals surface area contributed by atoms with E-state index in [4.69, 9.17) is 0 Å². The van der Waals surface area contributed by atoms with Crippen molar-refractivity contribution in [3.63, 3.8) is 0 Å². The number of nitrogens with one attached hydrogen (secondary N) is 2. The van der Waals surface area contributed by atoms with Gasteiger partial charge in [-0.15, -0.1) is 0 Å². The Bertz CT molecular complexity index is 1190. The zero-order valence-corrected chi connectivity index (χ0v) is 18.6. The summed E-state index contributed by atoms with van der Waals surface area (Å²) in [4.78, 5) is -0.619. The van der Waals surface area contributed by atoms with Gasteiger partial charge in [-0.3, -0.25) is 9.82 Å². The average molecular weight is 520 g/mol. The highest BCUT2D eigenvalue weighted by Gasteiger charge is 2.27. The molecule has 1 aromatic heterocycles. The Morgan fingerprint density at radius 1 is 1.13 bits per heavy atom. The van der Waals surface area contributed by atoms with Crippen molar-refractivity contribution in [2.24, 2.45) is 0 Å². The topological polar surface area (TPSA) is 93.3 Å². The maximum absolute atomic E-state index is 15.1. The van der Waals surface area contributed by atoms with E-state index < -0.39 is 39.1 Å². The van der Waals surface area contributed by atoms with Crippen LogP contribution in [0.4, 0.5) is 18.9 Å². The molecule has 2 atom stereocenters. The fourth-order valence-electron chi connectivity index (χ4n) is 2.84. The van der Waals surface area contributed by atoms with E-state index in [1.54, 1.807) is 0 Å². The number of alkyl halides is 2. The summed E-state index contributed by atoms with van der Waals surface area (Å²) in [6, 6.07) is 7.19. The van der Waals surface area contributed by atoms with Gasteiger partial charge in [0, 0.05) is 30.9 Å². The van der Waals surface area contributed by atoms with Gasteiger partial charge in [-0.1, -0.05) is 18.2 Å². The quantitative estimate of drug-likeness (QED) is 0.436. The first-order chi connectivity index (χ1) is 14.7. The molecule has 166 valence electrons. The number of anilines is 1. The van der Waals surface area contributed by atoms with Crippen LogP contribution >= 0.6 is 15.9 Å². The van der Waals surface area contributed by atoms with E-state index in [2.05, 4.69) is 40.3 Å². The van der Waals surface area contributed by atoms with Crippen molar-refractivity contribution >= 4 is 31.6 Å². The molecule has 0 radical (unpaired) electrons. The molecule has 0 amide bonds. The summed E-state index contributed by atoms with van der Waals surface area (Å²) in [6.07, 6.45) is -2.64. The Hall–Kier alpha value is -2.41. The Morgan fingerprint density at radius 2 is 1.84 bits per heavy atom. The Kier molecular flexibility index (Phi) is 7.04. The molecule has 0 aliphatic carbocycles. The molecule has 0 saturated carbocycles. The molecule has 0 spiro atoms. The fourth-order valence-corrected chi connectivity index (χ4v) is 4.56. The summed E-state index contributed by atoms with van der Waals surface area (Å²) in [5.74, 6) is -0.891. The van der Waals surface area contributed by atoms with Gasteiger partial charge in [0.25, 0.3) is 10.0 Å². The van der Waals surface area contributed by atoms with Crippen molar-refractivity contribution in [1.82, 2.24) is 10.2 Å². The maximum Gasteiger partial charge on any atom is 0.262 e. The highest BCUT2D eigenvalue weighted by Crippen LogP contribution is 2.34. The predicted octanol–water partition coefficient (Wildman–Crippen LogP) is 5.01. The summed E-state index contributed by atoms with van der Waals surface area (Å²) in [5, 5.41) is 6.39. The Labute approximate surface area is 184 Å². The predicted molar refractivity (Wildman–Crippen MR) is 111 cm³/mol. The molecular weight excluding hydrogens is 503 g/mol. The smallest absolute Gasteiger partial charge is 0.262 e. The first kappa shape index (κ1) is 23.3. The van der Waals surface area contributed by atoms with Crippen LogP contribution in [0.2, 0.25) is 0 Å². The number of benzene rings is 2. The lowest BCUT2D eigenvalue weighted by molar-refractivity contribution is -0.0113. The molecule has 0 aliphatic heterocycles. The van der Waals surface area contributed by atoms with Gasteiger partial charge in [0.05, 0.1) is 26.9 Å². The fraction of sp³-hybridized carbons (Fsp3) is 0.211. The summed E-state index contributed by atoms with van der Waals surface area (Å²) < 4.78 is 81.0. The number of aromatic amines is 1. The van der Waals surface area contributed by atoms with Crippen LogP contribution in [-0.2, 0) is 19.5 Å². The minimum Gasteiger partial charge on any atom is -0.348 e. The van der Waals surface area contributed by atoms with Crippen molar-refractivity contribution in [1.29, 1.82) is 0 Å². The molecule has 0 saturated heterocycles. The van der Waals surface area contributed by atoms with Gasteiger partial charge in [0.15, 0.2) is 5.82 Å². The third-order valence-corrected chi connectivity index (χ3v) is 6.38. The summed E-state index contributed by atoms with van der Waals surface area (Å²) in [6.45, 7) is 0. The van der Waals surface area contributed by atoms with Gasteiger partial charge in [-0.2, -0.15) is 5.10 Å². The van der Waals surface area contributed by atoms with Crippen LogP contribution in [0.25, 0.3) is 11.3 Å². The molecule has 1 heterocycles. The van der Waals surface area contributed by atoms with E-state index in [9.17, 15) is 17.2 Å². The second kappa shape index (κ2) is 9.39. The highest BCUT2D eigenvalue weighted by molar-refractivity contribution is 9.10. The molecule has 0 fully saturated rings. The Balaban J connectivity index is 2.08. The van der Waals surface area contributed by atoms with Crippen LogP contribution in [0.15, 0.2) is 52.0 Å². The van der Waals surface area contributed by atoms with Crippen LogP contribution in [-0.4, -0.2) is 32.8 Å². The lowest BCUT2D eigenvalue weighted by Crippen LogP contribution is -2.18. The van der Waals surface area contributed by atoms with Gasteiger partial charge >= 0.3 is 0 Å². The number of methoxy groups -OCH3 is 2. The zero-order valence-electron chi connectivity index (χ0n) is 16.2. The minimum absolute atomic E-state index is 0.0435. The molecule has 7 nitrogen and oxygen atoms in total. The molecule has 3 rings (SSSR count). The third kappa shape index (κ3) is 4.76. The Morgan fingerprint density at radius 3 is 2.45 bits per heavy atom. The van der Waals surface area contributed by atoms with Crippen LogP contribution in [0.5, 0.6) is 0 Å². The second-order valence-corrected chi connectivity index (χ2v) is 8.77. The molecule has 2 N–H and O–H groups in total. The molecule has 12 heteroatoms. The first-order valence-corrected chi connectivity index (χ1v) is 10.9. The summed E-state index contributed by atoms with van der Waals surface area (Å²) in [7, 11) is -2.42. The molecule has 31 heavy (non-hydrogen) atoms. The number of H-pyrrole nitrogens is 1. The SMILES string of the molecule is COC(F)c1ccc(C(F)OC)c(S(=O)(=O)Nc2cccc(-c3[nH]ncc3Br)c2F)c1. The summed E-state index contributed by atoms with van der Waals surface area (Å²) >= 11 is 3.22. The van der Waals surface area contributed by atoms with Gasteiger partial charge < -0.3 is 9.47 Å². The van der Waals surface area contributed by atoms with Gasteiger partial charge in [-0.05, 0) is 34.1 Å². The first-order valence-electron chi connectivity index (χ1n) is 8.67. The van der Waals surface area contributed by atoms with Crippen LogP contribution < -0.4 is 4.72 Å². The normalized spacial score (nSPS) is 13.7. The van der Waals surface area contributed by atoms with E-state index in [-0.39, 0.29) is 16.7 Å². The number of sulfonamides is 1. The molecule has 0 bridgehead atoms. The number of hydrogen-bond acceptors (Lipinski definition) is 5. The lowest BCUT2D eigenvalue weighted by Gasteiger charge is -2.17. The lowest BCUT2D eigenvalue weighted by atomic mass is 10.1. The highest BCUT2D eigenvalue weighted by atomic mass is 79.9. The van der Waals surface area contributed by atoms with Crippen LogP contribution in [0.1, 0.15) is 23.8 Å². The number of ether oxygens (including phenoxy) is 2. The van der Waals surface area contributed by atoms with Crippen LogP contribution in [0, 0.1) is 5.82 Å². The summed E-state index contributed by atoms with van der Waals surface area (Å²) in [5.41, 5.74) is -0.598. The molecule has 3 aromatic rings. The largest absolute Gasteiger partial charge is 0.348 e. The van der Waals surface area contributed by atoms with Crippen LogP contribution in [0.3, 0.4) is 0 Å². The molecule has 0 aliphatic rings. The standard InChI is InChI=1S/C19H17BrF3N3O4S/c1-29-18(22)10-6-7-11(19(23)30-2)15(8-10)31(27,28)26-14-5-3-4-12(16(14)21)17-13(20)9-24-25-17/h3-9,18-19,26H,1-2H3,(H,24,25). The van der Waals surface area contributed by atoms with E-state index in [0.29, 0.717) is 10.2 Å². The zero-order chi connectivity index (χ0) is 22.8. The van der Waals surface area contributed by atoms with Gasteiger partial charge in [0.2, 0.25) is 12.7 Å².